The lowest BCUT2D eigenvalue weighted by molar-refractivity contribution is -0.120. The second-order valence-electron chi connectivity index (χ2n) is 9.02. The number of rotatable bonds is 8. The summed E-state index contributed by atoms with van der Waals surface area (Å²) in [5.41, 5.74) is 4.92. The molecule has 0 fully saturated rings. The summed E-state index contributed by atoms with van der Waals surface area (Å²) in [4.78, 5) is 13.3. The molecule has 4 rings (SSSR count). The Hall–Kier alpha value is -3.32. The smallest absolute Gasteiger partial charge is 0.264 e. The summed E-state index contributed by atoms with van der Waals surface area (Å²) in [6.45, 7) is 3.42. The summed E-state index contributed by atoms with van der Waals surface area (Å²) >= 11 is 0. The van der Waals surface area contributed by atoms with Crippen LogP contribution in [0.25, 0.3) is 0 Å². The van der Waals surface area contributed by atoms with Crippen LogP contribution in [0.4, 0.5) is 5.69 Å². The second-order valence-corrected chi connectivity index (χ2v) is 10.9. The fraction of sp³-hybridized carbons (Fsp3) is 0.321. The largest absolute Gasteiger partial charge is 0.495 e. The average Bonchev–Trinajstić information content (AvgIpc) is 2.87. The van der Waals surface area contributed by atoms with Crippen LogP contribution in [0.1, 0.15) is 48.1 Å². The van der Waals surface area contributed by atoms with E-state index in [0.717, 1.165) is 28.3 Å². The maximum Gasteiger partial charge on any atom is 0.264 e. The molecule has 1 amide bonds. The van der Waals surface area contributed by atoms with Crippen molar-refractivity contribution >= 4 is 21.6 Å². The molecular weight excluding hydrogens is 460 g/mol. The number of carbonyl (C=O) groups is 1. The van der Waals surface area contributed by atoms with E-state index >= 15 is 0 Å². The molecule has 0 saturated heterocycles. The predicted molar refractivity (Wildman–Crippen MR) is 138 cm³/mol. The first-order chi connectivity index (χ1) is 16.8. The van der Waals surface area contributed by atoms with E-state index in [4.69, 9.17) is 4.74 Å². The summed E-state index contributed by atoms with van der Waals surface area (Å²) in [5, 5.41) is 2.99. The fourth-order valence-corrected chi connectivity index (χ4v) is 5.98. The lowest BCUT2D eigenvalue weighted by atomic mass is 9.89. The standard InChI is InChI=1S/C28H32N2O4S/c1-20-13-16-27(34-3)26(17-20)30(35(32,33)25-11-5-4-6-12-25)19-28(31)29-21(2)23-15-14-22-9-7-8-10-24(22)18-23/h4-6,11-18,21H,7-10,19H2,1-3H3,(H,29,31)/t21-/m0/s1. The Labute approximate surface area is 208 Å². The predicted octanol–water partition coefficient (Wildman–Crippen LogP) is 4.96. The molecule has 0 radical (unpaired) electrons. The van der Waals surface area contributed by atoms with Gasteiger partial charge in [-0.1, -0.05) is 42.5 Å². The number of benzene rings is 3. The maximum atomic E-state index is 13.7. The third-order valence-corrected chi connectivity index (χ3v) is 8.25. The van der Waals surface area contributed by atoms with Gasteiger partial charge < -0.3 is 10.1 Å². The third-order valence-electron chi connectivity index (χ3n) is 6.47. The third kappa shape index (κ3) is 5.51. The zero-order valence-corrected chi connectivity index (χ0v) is 21.3. The van der Waals surface area contributed by atoms with Crippen LogP contribution in [0.15, 0.2) is 71.6 Å². The minimum absolute atomic E-state index is 0.110. The first-order valence-electron chi connectivity index (χ1n) is 11.9. The van der Waals surface area contributed by atoms with Gasteiger partial charge in [0, 0.05) is 0 Å². The molecule has 1 aliphatic carbocycles. The Morgan fingerprint density at radius 1 is 1.00 bits per heavy atom. The quantitative estimate of drug-likeness (QED) is 0.483. The molecule has 0 unspecified atom stereocenters. The van der Waals surface area contributed by atoms with Gasteiger partial charge in [-0.05, 0) is 86.1 Å². The van der Waals surface area contributed by atoms with Gasteiger partial charge in [-0.3, -0.25) is 9.10 Å². The monoisotopic (exact) mass is 492 g/mol. The number of ether oxygens (including phenoxy) is 1. The number of methoxy groups -OCH3 is 1. The Bertz CT molecular complexity index is 1310. The molecule has 0 bridgehead atoms. The summed E-state index contributed by atoms with van der Waals surface area (Å²) < 4.78 is 33.9. The molecular formula is C28H32N2O4S. The molecule has 0 aromatic heterocycles. The molecule has 3 aromatic carbocycles. The van der Waals surface area contributed by atoms with Gasteiger partial charge in [-0.2, -0.15) is 0 Å². The highest BCUT2D eigenvalue weighted by molar-refractivity contribution is 7.92. The summed E-state index contributed by atoms with van der Waals surface area (Å²) in [6, 6.07) is 19.5. The lowest BCUT2D eigenvalue weighted by Gasteiger charge is -2.27. The Balaban J connectivity index is 1.62. The molecule has 1 aliphatic rings. The molecule has 6 nitrogen and oxygen atoms in total. The van der Waals surface area contributed by atoms with Crippen LogP contribution < -0.4 is 14.4 Å². The van der Waals surface area contributed by atoms with Crippen molar-refractivity contribution < 1.29 is 17.9 Å². The van der Waals surface area contributed by atoms with Gasteiger partial charge in [-0.15, -0.1) is 0 Å². The van der Waals surface area contributed by atoms with Gasteiger partial charge in [0.05, 0.1) is 23.7 Å². The normalized spacial score (nSPS) is 14.0. The van der Waals surface area contributed by atoms with Crippen LogP contribution in [0, 0.1) is 6.92 Å². The molecule has 3 aromatic rings. The summed E-state index contributed by atoms with van der Waals surface area (Å²) in [6.07, 6.45) is 4.55. The number of anilines is 1. The number of amides is 1. The van der Waals surface area contributed by atoms with Crippen LogP contribution in [0.5, 0.6) is 5.75 Å². The van der Waals surface area contributed by atoms with Crippen molar-refractivity contribution in [3.05, 3.63) is 89.0 Å². The molecule has 0 spiro atoms. The van der Waals surface area contributed by atoms with E-state index < -0.39 is 15.9 Å². The van der Waals surface area contributed by atoms with Crippen LogP contribution in [-0.4, -0.2) is 28.0 Å². The first-order valence-corrected chi connectivity index (χ1v) is 13.4. The zero-order valence-electron chi connectivity index (χ0n) is 20.5. The Morgan fingerprint density at radius 2 is 1.71 bits per heavy atom. The van der Waals surface area contributed by atoms with Crippen LogP contribution in [0.2, 0.25) is 0 Å². The van der Waals surface area contributed by atoms with Crippen molar-refractivity contribution in [3.63, 3.8) is 0 Å². The van der Waals surface area contributed by atoms with E-state index in [1.807, 2.05) is 19.9 Å². The molecule has 0 heterocycles. The van der Waals surface area contributed by atoms with E-state index in [1.165, 1.54) is 43.2 Å². The van der Waals surface area contributed by atoms with E-state index in [0.29, 0.717) is 11.4 Å². The molecule has 0 saturated carbocycles. The highest BCUT2D eigenvalue weighted by Crippen LogP contribution is 2.33. The molecule has 35 heavy (non-hydrogen) atoms. The number of hydrogen-bond donors (Lipinski definition) is 1. The Morgan fingerprint density at radius 3 is 2.43 bits per heavy atom. The van der Waals surface area contributed by atoms with Crippen molar-refractivity contribution in [2.24, 2.45) is 0 Å². The molecule has 0 aliphatic heterocycles. The van der Waals surface area contributed by atoms with Crippen LogP contribution in [-0.2, 0) is 27.7 Å². The first kappa shape index (κ1) is 24.8. The Kier molecular flexibility index (Phi) is 7.45. The van der Waals surface area contributed by atoms with Gasteiger partial charge in [-0.25, -0.2) is 8.42 Å². The fourth-order valence-electron chi connectivity index (χ4n) is 4.54. The van der Waals surface area contributed by atoms with Crippen molar-refractivity contribution in [2.45, 2.75) is 50.5 Å². The lowest BCUT2D eigenvalue weighted by Crippen LogP contribution is -2.41. The minimum Gasteiger partial charge on any atom is -0.495 e. The average molecular weight is 493 g/mol. The number of nitrogens with zero attached hydrogens (tertiary/aromatic N) is 1. The van der Waals surface area contributed by atoms with Crippen LogP contribution in [0.3, 0.4) is 0 Å². The number of nitrogens with one attached hydrogen (secondary N) is 1. The molecule has 7 heteroatoms. The van der Waals surface area contributed by atoms with Crippen molar-refractivity contribution in [1.82, 2.24) is 5.32 Å². The molecule has 184 valence electrons. The minimum atomic E-state index is -4.02. The number of carbonyl (C=O) groups excluding carboxylic acids is 1. The summed E-state index contributed by atoms with van der Waals surface area (Å²) in [5.74, 6) is -0.0103. The van der Waals surface area contributed by atoms with E-state index in [1.54, 1.807) is 30.3 Å². The van der Waals surface area contributed by atoms with Crippen molar-refractivity contribution in [3.8, 4) is 5.75 Å². The number of fused-ring (bicyclic) bond motifs is 1. The van der Waals surface area contributed by atoms with Crippen LogP contribution >= 0.6 is 0 Å². The van der Waals surface area contributed by atoms with E-state index in [-0.39, 0.29) is 17.5 Å². The maximum absolute atomic E-state index is 13.7. The van der Waals surface area contributed by atoms with E-state index in [2.05, 4.69) is 23.5 Å². The molecule has 1 atom stereocenters. The highest BCUT2D eigenvalue weighted by Gasteiger charge is 2.30. The highest BCUT2D eigenvalue weighted by atomic mass is 32.2. The van der Waals surface area contributed by atoms with Gasteiger partial charge in [0.15, 0.2) is 0 Å². The number of aryl methyl sites for hydroxylation is 3. The summed E-state index contributed by atoms with van der Waals surface area (Å²) in [7, 11) is -2.53. The van der Waals surface area contributed by atoms with E-state index in [9.17, 15) is 13.2 Å². The van der Waals surface area contributed by atoms with Crippen molar-refractivity contribution in [1.29, 1.82) is 0 Å². The van der Waals surface area contributed by atoms with Gasteiger partial charge in [0.25, 0.3) is 10.0 Å². The van der Waals surface area contributed by atoms with Gasteiger partial charge >= 0.3 is 0 Å². The number of sulfonamides is 1. The van der Waals surface area contributed by atoms with Gasteiger partial charge in [0.2, 0.25) is 5.91 Å². The second kappa shape index (κ2) is 10.5. The van der Waals surface area contributed by atoms with Crippen molar-refractivity contribution in [2.75, 3.05) is 18.0 Å². The zero-order chi connectivity index (χ0) is 25.0. The topological polar surface area (TPSA) is 75.7 Å². The SMILES string of the molecule is COc1ccc(C)cc1N(CC(=O)N[C@@H](C)c1ccc2c(c1)CCCC2)S(=O)(=O)c1ccccc1. The van der Waals surface area contributed by atoms with Gasteiger partial charge in [0.1, 0.15) is 12.3 Å². The number of hydrogen-bond acceptors (Lipinski definition) is 4. The molecule has 1 N–H and O–H groups in total.